The second-order valence-electron chi connectivity index (χ2n) is 3.04. The molecule has 0 bridgehead atoms. The molecular weight excluding hydrogens is 174 g/mol. The number of allylic oxidation sites excluding steroid dienone is 2. The fourth-order valence-electron chi connectivity index (χ4n) is 1.30. The molecule has 0 N–H and O–H groups in total. The minimum absolute atomic E-state index is 0.294. The molecule has 0 aromatic carbocycles. The summed E-state index contributed by atoms with van der Waals surface area (Å²) in [5.74, 6) is 2.68. The van der Waals surface area contributed by atoms with Crippen molar-refractivity contribution >= 4 is 11.8 Å². The highest BCUT2D eigenvalue weighted by atomic mass is 32.2. The van der Waals surface area contributed by atoms with Gasteiger partial charge in [-0.15, -0.1) is 0 Å². The molecule has 1 rings (SSSR count). The zero-order valence-electron chi connectivity index (χ0n) is 7.16. The number of nitrogens with zero attached hydrogens (tertiary/aromatic N) is 1. The van der Waals surface area contributed by atoms with Gasteiger partial charge in [0.25, 0.3) is 0 Å². The van der Waals surface area contributed by atoms with Crippen LogP contribution in [0.4, 0.5) is 0 Å². The maximum atomic E-state index is 10.3. The number of hydrogen-bond acceptors (Lipinski definition) is 3. The van der Waals surface area contributed by atoms with Crippen molar-refractivity contribution < 1.29 is 4.92 Å². The summed E-state index contributed by atoms with van der Waals surface area (Å²) in [5.41, 5.74) is 0.294. The van der Waals surface area contributed by atoms with Crippen molar-refractivity contribution in [1.29, 1.82) is 0 Å². The molecule has 1 heterocycles. The van der Waals surface area contributed by atoms with Crippen molar-refractivity contribution in [2.24, 2.45) is 5.92 Å². The maximum Gasteiger partial charge on any atom is 0.239 e. The van der Waals surface area contributed by atoms with E-state index in [2.05, 4.69) is 0 Å². The number of thioether (sulfide) groups is 1. The summed E-state index contributed by atoms with van der Waals surface area (Å²) in [6, 6.07) is 0. The Hall–Kier alpha value is -0.510. The quantitative estimate of drug-likeness (QED) is 0.492. The standard InChI is InChI=1S/C8H13NO2S/c1-7(9(10)11)5-8-3-2-4-12-6-8/h5,8H,2-4,6H2,1H3/b7-5+. The van der Waals surface area contributed by atoms with E-state index >= 15 is 0 Å². The zero-order valence-corrected chi connectivity index (χ0v) is 7.97. The molecule has 0 radical (unpaired) electrons. The molecule has 0 amide bonds. The van der Waals surface area contributed by atoms with Gasteiger partial charge >= 0.3 is 0 Å². The lowest BCUT2D eigenvalue weighted by molar-refractivity contribution is -0.424. The van der Waals surface area contributed by atoms with Crippen molar-refractivity contribution in [3.05, 3.63) is 21.9 Å². The van der Waals surface area contributed by atoms with Crippen molar-refractivity contribution in [3.8, 4) is 0 Å². The van der Waals surface area contributed by atoms with Gasteiger partial charge in [0, 0.05) is 6.92 Å². The molecule has 0 saturated carbocycles. The van der Waals surface area contributed by atoms with Gasteiger partial charge in [-0.2, -0.15) is 11.8 Å². The van der Waals surface area contributed by atoms with E-state index < -0.39 is 0 Å². The van der Waals surface area contributed by atoms with Crippen molar-refractivity contribution in [2.75, 3.05) is 11.5 Å². The Morgan fingerprint density at radius 1 is 1.75 bits per heavy atom. The van der Waals surface area contributed by atoms with E-state index in [-0.39, 0.29) is 4.92 Å². The van der Waals surface area contributed by atoms with Crippen LogP contribution < -0.4 is 0 Å². The Labute approximate surface area is 76.4 Å². The van der Waals surface area contributed by atoms with Gasteiger partial charge in [0.15, 0.2) is 0 Å². The molecule has 1 aliphatic heterocycles. The van der Waals surface area contributed by atoms with Crippen LogP contribution >= 0.6 is 11.8 Å². The molecule has 4 heteroatoms. The molecule has 3 nitrogen and oxygen atoms in total. The molecule has 0 aliphatic carbocycles. The van der Waals surface area contributed by atoms with Crippen LogP contribution in [0, 0.1) is 16.0 Å². The summed E-state index contributed by atoms with van der Waals surface area (Å²) in [6.07, 6.45) is 4.10. The fraction of sp³-hybridized carbons (Fsp3) is 0.750. The SMILES string of the molecule is C/C(=C\C1CCCSC1)[N+](=O)[O-]. The normalized spacial score (nSPS) is 25.4. The predicted molar refractivity (Wildman–Crippen MR) is 50.8 cm³/mol. The molecule has 12 heavy (non-hydrogen) atoms. The summed E-state index contributed by atoms with van der Waals surface area (Å²) in [5, 5.41) is 10.3. The molecule has 1 unspecified atom stereocenters. The molecule has 1 atom stereocenters. The van der Waals surface area contributed by atoms with Crippen LogP contribution in [-0.4, -0.2) is 16.4 Å². The van der Waals surface area contributed by atoms with E-state index in [1.54, 1.807) is 13.0 Å². The summed E-state index contributed by atoms with van der Waals surface area (Å²) in [7, 11) is 0. The molecule has 1 saturated heterocycles. The first-order valence-corrected chi connectivity index (χ1v) is 5.26. The van der Waals surface area contributed by atoms with Crippen molar-refractivity contribution in [1.82, 2.24) is 0 Å². The lowest BCUT2D eigenvalue weighted by atomic mass is 10.0. The fourth-order valence-corrected chi connectivity index (χ4v) is 2.40. The van der Waals surface area contributed by atoms with Gasteiger partial charge in [-0.05, 0) is 36.3 Å². The Morgan fingerprint density at radius 3 is 3.00 bits per heavy atom. The van der Waals surface area contributed by atoms with Crippen LogP contribution in [0.5, 0.6) is 0 Å². The summed E-state index contributed by atoms with van der Waals surface area (Å²) in [6.45, 7) is 1.57. The molecule has 1 fully saturated rings. The molecule has 0 aromatic heterocycles. The lowest BCUT2D eigenvalue weighted by Gasteiger charge is -2.16. The third kappa shape index (κ3) is 2.85. The highest BCUT2D eigenvalue weighted by Crippen LogP contribution is 2.24. The van der Waals surface area contributed by atoms with Crippen LogP contribution in [0.2, 0.25) is 0 Å². The van der Waals surface area contributed by atoms with Crippen LogP contribution in [0.1, 0.15) is 19.8 Å². The van der Waals surface area contributed by atoms with Crippen LogP contribution in [0.3, 0.4) is 0 Å². The Balaban J connectivity index is 2.47. The number of nitro groups is 1. The van der Waals surface area contributed by atoms with Gasteiger partial charge in [0.1, 0.15) is 0 Å². The third-order valence-corrected chi connectivity index (χ3v) is 3.20. The second kappa shape index (κ2) is 4.50. The topological polar surface area (TPSA) is 43.1 Å². The van der Waals surface area contributed by atoms with Gasteiger partial charge in [-0.1, -0.05) is 0 Å². The Morgan fingerprint density at radius 2 is 2.50 bits per heavy atom. The highest BCUT2D eigenvalue weighted by molar-refractivity contribution is 7.99. The van der Waals surface area contributed by atoms with E-state index in [9.17, 15) is 10.1 Å². The minimum atomic E-state index is -0.306. The summed E-state index contributed by atoms with van der Waals surface area (Å²) < 4.78 is 0. The molecular formula is C8H13NO2S. The monoisotopic (exact) mass is 187 g/mol. The predicted octanol–water partition coefficient (Wildman–Crippen LogP) is 2.31. The Bertz CT molecular complexity index is 197. The average molecular weight is 187 g/mol. The first kappa shape index (κ1) is 9.58. The molecule has 68 valence electrons. The molecule has 0 aromatic rings. The first-order valence-electron chi connectivity index (χ1n) is 4.10. The first-order chi connectivity index (χ1) is 5.70. The zero-order chi connectivity index (χ0) is 8.97. The van der Waals surface area contributed by atoms with Gasteiger partial charge in [0.2, 0.25) is 5.70 Å². The van der Waals surface area contributed by atoms with Gasteiger partial charge < -0.3 is 0 Å². The van der Waals surface area contributed by atoms with Gasteiger partial charge in [0.05, 0.1) is 4.92 Å². The molecule has 1 aliphatic rings. The van der Waals surface area contributed by atoms with Gasteiger partial charge in [-0.3, -0.25) is 10.1 Å². The van der Waals surface area contributed by atoms with Crippen molar-refractivity contribution in [2.45, 2.75) is 19.8 Å². The average Bonchev–Trinajstić information content (AvgIpc) is 2.06. The van der Waals surface area contributed by atoms with E-state index in [4.69, 9.17) is 0 Å². The van der Waals surface area contributed by atoms with Crippen molar-refractivity contribution in [3.63, 3.8) is 0 Å². The molecule has 0 spiro atoms. The number of rotatable bonds is 2. The minimum Gasteiger partial charge on any atom is -0.259 e. The number of hydrogen-bond donors (Lipinski definition) is 0. The maximum absolute atomic E-state index is 10.3. The van der Waals surface area contributed by atoms with Crippen LogP contribution in [0.15, 0.2) is 11.8 Å². The summed E-state index contributed by atoms with van der Waals surface area (Å²) in [4.78, 5) is 10.00. The largest absolute Gasteiger partial charge is 0.259 e. The van der Waals surface area contributed by atoms with Crippen LogP contribution in [0.25, 0.3) is 0 Å². The highest BCUT2D eigenvalue weighted by Gasteiger charge is 2.14. The third-order valence-electron chi connectivity index (χ3n) is 1.96. The van der Waals surface area contributed by atoms with E-state index in [0.717, 1.165) is 12.2 Å². The smallest absolute Gasteiger partial charge is 0.239 e. The van der Waals surface area contributed by atoms with E-state index in [1.807, 2.05) is 11.8 Å². The lowest BCUT2D eigenvalue weighted by Crippen LogP contribution is -2.09. The van der Waals surface area contributed by atoms with E-state index in [1.165, 1.54) is 12.2 Å². The van der Waals surface area contributed by atoms with Crippen LogP contribution in [-0.2, 0) is 0 Å². The van der Waals surface area contributed by atoms with E-state index in [0.29, 0.717) is 11.6 Å². The Kier molecular flexibility index (Phi) is 3.59. The summed E-state index contributed by atoms with van der Waals surface area (Å²) >= 11 is 1.89. The second-order valence-corrected chi connectivity index (χ2v) is 4.19. The van der Waals surface area contributed by atoms with Gasteiger partial charge in [-0.25, -0.2) is 0 Å².